The molecule has 0 aliphatic heterocycles. The van der Waals surface area contributed by atoms with E-state index in [1.54, 1.807) is 29.3 Å². The Bertz CT molecular complexity index is 998. The summed E-state index contributed by atoms with van der Waals surface area (Å²) in [4.78, 5) is 26.3. The van der Waals surface area contributed by atoms with Crippen LogP contribution < -0.4 is 15.9 Å². The highest BCUT2D eigenvalue weighted by Gasteiger charge is 2.10. The Hall–Kier alpha value is -3.02. The highest BCUT2D eigenvalue weighted by molar-refractivity contribution is 5.95. The first kappa shape index (κ1) is 16.8. The van der Waals surface area contributed by atoms with Crippen LogP contribution in [0.4, 0.5) is 5.69 Å². The maximum absolute atomic E-state index is 12.4. The molecule has 0 unspecified atom stereocenters. The van der Waals surface area contributed by atoms with E-state index in [1.165, 1.54) is 0 Å². The molecular weight excluding hydrogens is 316 g/mol. The Labute approximate surface area is 146 Å². The zero-order chi connectivity index (χ0) is 18.1. The topological polar surface area (TPSA) is 59.3 Å². The number of rotatable bonds is 4. The number of benzene rings is 2. The van der Waals surface area contributed by atoms with Crippen molar-refractivity contribution in [3.63, 3.8) is 0 Å². The van der Waals surface area contributed by atoms with Gasteiger partial charge in [0.05, 0.1) is 11.0 Å². The Balaban J connectivity index is 1.78. The molecule has 1 N–H and O–H groups in total. The second kappa shape index (κ2) is 6.47. The fourth-order valence-electron chi connectivity index (χ4n) is 2.87. The number of aromatic nitrogens is 2. The molecule has 3 aromatic rings. The van der Waals surface area contributed by atoms with Gasteiger partial charge >= 0.3 is 5.69 Å². The summed E-state index contributed by atoms with van der Waals surface area (Å²) in [7, 11) is 7.39. The first-order chi connectivity index (χ1) is 11.9. The quantitative estimate of drug-likeness (QED) is 0.790. The molecule has 0 aliphatic carbocycles. The molecule has 6 heteroatoms. The molecule has 3 rings (SSSR count). The Morgan fingerprint density at radius 2 is 1.76 bits per heavy atom. The van der Waals surface area contributed by atoms with Crippen LogP contribution in [0.5, 0.6) is 0 Å². The van der Waals surface area contributed by atoms with Crippen molar-refractivity contribution >= 4 is 22.6 Å². The summed E-state index contributed by atoms with van der Waals surface area (Å²) < 4.78 is 3.23. The van der Waals surface area contributed by atoms with E-state index in [0.717, 1.165) is 22.3 Å². The number of carbonyl (C=O) groups is 1. The monoisotopic (exact) mass is 338 g/mol. The van der Waals surface area contributed by atoms with E-state index >= 15 is 0 Å². The van der Waals surface area contributed by atoms with E-state index in [-0.39, 0.29) is 11.6 Å². The normalized spacial score (nSPS) is 10.9. The second-order valence-electron chi connectivity index (χ2n) is 6.35. The van der Waals surface area contributed by atoms with Crippen LogP contribution in [0.3, 0.4) is 0 Å². The van der Waals surface area contributed by atoms with Crippen LogP contribution in [0.25, 0.3) is 11.0 Å². The SMILES string of the molecule is CN(C)c1cccc(C(=O)NCc2ccc3c(c2)n(C)c(=O)n3C)c1. The van der Waals surface area contributed by atoms with E-state index in [2.05, 4.69) is 5.32 Å². The van der Waals surface area contributed by atoms with Gasteiger partial charge in [0, 0.05) is 46.0 Å². The van der Waals surface area contributed by atoms with E-state index in [1.807, 2.05) is 55.4 Å². The number of hydrogen-bond donors (Lipinski definition) is 1. The largest absolute Gasteiger partial charge is 0.378 e. The van der Waals surface area contributed by atoms with E-state index in [0.29, 0.717) is 12.1 Å². The predicted molar refractivity (Wildman–Crippen MR) is 100 cm³/mol. The number of fused-ring (bicyclic) bond motifs is 1. The van der Waals surface area contributed by atoms with Crippen molar-refractivity contribution < 1.29 is 4.79 Å². The lowest BCUT2D eigenvalue weighted by Crippen LogP contribution is -2.23. The third-order valence-electron chi connectivity index (χ3n) is 4.41. The molecule has 0 radical (unpaired) electrons. The van der Waals surface area contributed by atoms with Gasteiger partial charge in [-0.25, -0.2) is 4.79 Å². The molecule has 0 saturated carbocycles. The summed E-state index contributed by atoms with van der Waals surface area (Å²) in [5, 5.41) is 2.94. The van der Waals surface area contributed by atoms with E-state index in [4.69, 9.17) is 0 Å². The van der Waals surface area contributed by atoms with Gasteiger partial charge < -0.3 is 10.2 Å². The summed E-state index contributed by atoms with van der Waals surface area (Å²) in [5.74, 6) is -0.120. The van der Waals surface area contributed by atoms with Gasteiger partial charge in [0.15, 0.2) is 0 Å². The minimum absolute atomic E-state index is 0.0586. The van der Waals surface area contributed by atoms with Gasteiger partial charge in [0.2, 0.25) is 0 Å². The Morgan fingerprint density at radius 1 is 1.04 bits per heavy atom. The molecule has 130 valence electrons. The number of carbonyl (C=O) groups excluding carboxylic acids is 1. The molecule has 0 spiro atoms. The maximum atomic E-state index is 12.4. The number of imidazole rings is 1. The Morgan fingerprint density at radius 3 is 2.48 bits per heavy atom. The third kappa shape index (κ3) is 3.15. The lowest BCUT2D eigenvalue weighted by Gasteiger charge is -2.13. The fourth-order valence-corrected chi connectivity index (χ4v) is 2.87. The number of aryl methyl sites for hydroxylation is 2. The van der Waals surface area contributed by atoms with Crippen molar-refractivity contribution in [1.82, 2.24) is 14.5 Å². The fraction of sp³-hybridized carbons (Fsp3) is 0.263. The van der Waals surface area contributed by atoms with Crippen molar-refractivity contribution in [3.8, 4) is 0 Å². The summed E-state index contributed by atoms with van der Waals surface area (Å²) in [5.41, 5.74) is 4.23. The zero-order valence-corrected chi connectivity index (χ0v) is 14.9. The molecule has 6 nitrogen and oxygen atoms in total. The number of amides is 1. The summed E-state index contributed by atoms with van der Waals surface area (Å²) in [6, 6.07) is 13.3. The first-order valence-corrected chi connectivity index (χ1v) is 8.08. The average molecular weight is 338 g/mol. The molecule has 0 aliphatic rings. The van der Waals surface area contributed by atoms with Crippen molar-refractivity contribution in [2.24, 2.45) is 14.1 Å². The van der Waals surface area contributed by atoms with Crippen molar-refractivity contribution in [3.05, 3.63) is 64.1 Å². The number of hydrogen-bond acceptors (Lipinski definition) is 3. The van der Waals surface area contributed by atoms with Crippen LogP contribution in [-0.2, 0) is 20.6 Å². The molecule has 2 aromatic carbocycles. The molecule has 1 aromatic heterocycles. The van der Waals surface area contributed by atoms with Crippen LogP contribution in [0.1, 0.15) is 15.9 Å². The Kier molecular flexibility index (Phi) is 4.35. The molecule has 0 atom stereocenters. The van der Waals surface area contributed by atoms with Crippen molar-refractivity contribution in [2.75, 3.05) is 19.0 Å². The second-order valence-corrected chi connectivity index (χ2v) is 6.35. The van der Waals surface area contributed by atoms with Crippen molar-refractivity contribution in [1.29, 1.82) is 0 Å². The minimum atomic E-state index is -0.120. The highest BCUT2D eigenvalue weighted by Crippen LogP contribution is 2.15. The van der Waals surface area contributed by atoms with Gasteiger partial charge in [0.25, 0.3) is 5.91 Å². The van der Waals surface area contributed by atoms with E-state index in [9.17, 15) is 9.59 Å². The van der Waals surface area contributed by atoms with Crippen molar-refractivity contribution in [2.45, 2.75) is 6.54 Å². The highest BCUT2D eigenvalue weighted by atomic mass is 16.2. The molecular formula is C19H22N4O2. The van der Waals surface area contributed by atoms with Gasteiger partial charge in [-0.3, -0.25) is 13.9 Å². The molecule has 1 amide bonds. The third-order valence-corrected chi connectivity index (χ3v) is 4.41. The molecule has 1 heterocycles. The molecule has 0 bridgehead atoms. The number of nitrogens with one attached hydrogen (secondary N) is 1. The minimum Gasteiger partial charge on any atom is -0.378 e. The zero-order valence-electron chi connectivity index (χ0n) is 14.9. The summed E-state index contributed by atoms with van der Waals surface area (Å²) >= 11 is 0. The van der Waals surface area contributed by atoms with Gasteiger partial charge in [-0.2, -0.15) is 0 Å². The standard InChI is InChI=1S/C19H22N4O2/c1-21(2)15-7-5-6-14(11-15)18(24)20-12-13-8-9-16-17(10-13)23(4)19(25)22(16)3/h5-11H,12H2,1-4H3,(H,20,24). The van der Waals surface area contributed by atoms with Crippen LogP contribution in [-0.4, -0.2) is 29.1 Å². The van der Waals surface area contributed by atoms with Gasteiger partial charge in [0.1, 0.15) is 0 Å². The maximum Gasteiger partial charge on any atom is 0.328 e. The predicted octanol–water partition coefficient (Wildman–Crippen LogP) is 1.87. The molecule has 25 heavy (non-hydrogen) atoms. The first-order valence-electron chi connectivity index (χ1n) is 8.08. The summed E-state index contributed by atoms with van der Waals surface area (Å²) in [6.07, 6.45) is 0. The lowest BCUT2D eigenvalue weighted by atomic mass is 10.1. The van der Waals surface area contributed by atoms with E-state index < -0.39 is 0 Å². The van der Waals surface area contributed by atoms with Gasteiger partial charge in [-0.05, 0) is 35.9 Å². The van der Waals surface area contributed by atoms with Crippen LogP contribution in [0.15, 0.2) is 47.3 Å². The number of nitrogens with zero attached hydrogens (tertiary/aromatic N) is 3. The average Bonchev–Trinajstić information content (AvgIpc) is 2.84. The van der Waals surface area contributed by atoms with Gasteiger partial charge in [-0.15, -0.1) is 0 Å². The number of anilines is 1. The van der Waals surface area contributed by atoms with Crippen LogP contribution in [0, 0.1) is 0 Å². The summed E-state index contributed by atoms with van der Waals surface area (Å²) in [6.45, 7) is 0.407. The smallest absolute Gasteiger partial charge is 0.328 e. The molecule has 0 fully saturated rings. The van der Waals surface area contributed by atoms with Gasteiger partial charge in [-0.1, -0.05) is 12.1 Å². The van der Waals surface area contributed by atoms with Crippen LogP contribution in [0.2, 0.25) is 0 Å². The lowest BCUT2D eigenvalue weighted by molar-refractivity contribution is 0.0951. The van der Waals surface area contributed by atoms with Crippen LogP contribution >= 0.6 is 0 Å². The molecule has 0 saturated heterocycles.